The molecule has 0 aromatic heterocycles. The Labute approximate surface area is 107 Å². The van der Waals surface area contributed by atoms with Crippen LogP contribution in [0.1, 0.15) is 10.4 Å². The largest absolute Gasteiger partial charge is 0.478 e. The Bertz CT molecular complexity index is 556. The number of non-ortho nitro benzene ring substituents is 1. The first-order chi connectivity index (χ1) is 9.00. The highest BCUT2D eigenvalue weighted by Gasteiger charge is 2.26. The van der Waals surface area contributed by atoms with Gasteiger partial charge >= 0.3 is 5.97 Å². The van der Waals surface area contributed by atoms with Crippen LogP contribution >= 0.6 is 0 Å². The number of carboxylic acid groups (broad SMARTS) is 1. The molecule has 19 heavy (non-hydrogen) atoms. The summed E-state index contributed by atoms with van der Waals surface area (Å²) >= 11 is 0. The fourth-order valence-corrected chi connectivity index (χ4v) is 1.81. The molecule has 1 aromatic carbocycles. The predicted octanol–water partition coefficient (Wildman–Crippen LogP) is 0.656. The molecule has 0 radical (unpaired) electrons. The molecule has 0 spiro atoms. The SMILES string of the molecule is O=C(O)c1ccc([N+](=O)[O-])cc1N1CCOCC1=O. The van der Waals surface area contributed by atoms with Crippen molar-refractivity contribution in [1.29, 1.82) is 0 Å². The highest BCUT2D eigenvalue weighted by atomic mass is 16.6. The molecular formula is C11H10N2O6. The lowest BCUT2D eigenvalue weighted by Gasteiger charge is -2.27. The van der Waals surface area contributed by atoms with Gasteiger partial charge in [0.15, 0.2) is 0 Å². The number of anilines is 1. The summed E-state index contributed by atoms with van der Waals surface area (Å²) in [6, 6.07) is 3.31. The molecule has 0 atom stereocenters. The molecule has 1 heterocycles. The zero-order valence-electron chi connectivity index (χ0n) is 9.74. The van der Waals surface area contributed by atoms with Gasteiger partial charge in [-0.05, 0) is 6.07 Å². The summed E-state index contributed by atoms with van der Waals surface area (Å²) in [5.41, 5.74) is -0.393. The van der Waals surface area contributed by atoms with Gasteiger partial charge in [0.25, 0.3) is 11.6 Å². The maximum Gasteiger partial charge on any atom is 0.337 e. The molecule has 8 nitrogen and oxygen atoms in total. The van der Waals surface area contributed by atoms with Crippen molar-refractivity contribution in [2.75, 3.05) is 24.7 Å². The van der Waals surface area contributed by atoms with Gasteiger partial charge in [-0.1, -0.05) is 0 Å². The molecule has 8 heteroatoms. The maximum absolute atomic E-state index is 11.7. The highest BCUT2D eigenvalue weighted by Crippen LogP contribution is 2.27. The lowest BCUT2D eigenvalue weighted by atomic mass is 10.1. The van der Waals surface area contributed by atoms with Crippen LogP contribution in [0.15, 0.2) is 18.2 Å². The Morgan fingerprint density at radius 2 is 2.21 bits per heavy atom. The quantitative estimate of drug-likeness (QED) is 0.635. The second-order valence-corrected chi connectivity index (χ2v) is 3.86. The van der Waals surface area contributed by atoms with Gasteiger partial charge in [-0.15, -0.1) is 0 Å². The minimum Gasteiger partial charge on any atom is -0.478 e. The van der Waals surface area contributed by atoms with Crippen molar-refractivity contribution in [1.82, 2.24) is 0 Å². The number of carbonyl (C=O) groups excluding carboxylic acids is 1. The molecule has 1 aromatic rings. The standard InChI is InChI=1S/C11H10N2O6/c14-10-6-19-4-3-12(10)9-5-7(13(17)18)1-2-8(9)11(15)16/h1-2,5H,3-4,6H2,(H,15,16). The van der Waals surface area contributed by atoms with Gasteiger partial charge in [0.05, 0.1) is 22.8 Å². The van der Waals surface area contributed by atoms with E-state index in [0.29, 0.717) is 0 Å². The molecule has 0 saturated carbocycles. The number of hydrogen-bond acceptors (Lipinski definition) is 5. The van der Waals surface area contributed by atoms with E-state index in [2.05, 4.69) is 0 Å². The second-order valence-electron chi connectivity index (χ2n) is 3.86. The van der Waals surface area contributed by atoms with Crippen LogP contribution in [0.3, 0.4) is 0 Å². The van der Waals surface area contributed by atoms with Crippen LogP contribution in [0.5, 0.6) is 0 Å². The van der Waals surface area contributed by atoms with E-state index in [-0.39, 0.29) is 36.7 Å². The zero-order chi connectivity index (χ0) is 14.0. The van der Waals surface area contributed by atoms with Gasteiger partial charge in [0, 0.05) is 18.7 Å². The van der Waals surface area contributed by atoms with Crippen molar-refractivity contribution in [3.63, 3.8) is 0 Å². The summed E-state index contributed by atoms with van der Waals surface area (Å²) in [6.07, 6.45) is 0. The Morgan fingerprint density at radius 3 is 2.79 bits per heavy atom. The number of rotatable bonds is 3. The molecule has 1 amide bonds. The van der Waals surface area contributed by atoms with Gasteiger partial charge in [-0.25, -0.2) is 4.79 Å². The van der Waals surface area contributed by atoms with E-state index >= 15 is 0 Å². The number of nitro groups is 1. The third-order valence-corrected chi connectivity index (χ3v) is 2.70. The topological polar surface area (TPSA) is 110 Å². The van der Waals surface area contributed by atoms with Crippen molar-refractivity contribution >= 4 is 23.3 Å². The fourth-order valence-electron chi connectivity index (χ4n) is 1.81. The molecule has 100 valence electrons. The number of carbonyl (C=O) groups is 2. The van der Waals surface area contributed by atoms with E-state index in [1.54, 1.807) is 0 Å². The van der Waals surface area contributed by atoms with Crippen LogP contribution < -0.4 is 4.90 Å². The van der Waals surface area contributed by atoms with Gasteiger partial charge < -0.3 is 14.7 Å². The maximum atomic E-state index is 11.7. The number of aromatic carboxylic acids is 1. The van der Waals surface area contributed by atoms with E-state index in [4.69, 9.17) is 9.84 Å². The van der Waals surface area contributed by atoms with Crippen LogP contribution in [-0.4, -0.2) is 41.7 Å². The second kappa shape index (κ2) is 5.02. The Kier molecular flexibility index (Phi) is 3.43. The first-order valence-electron chi connectivity index (χ1n) is 5.40. The lowest BCUT2D eigenvalue weighted by molar-refractivity contribution is -0.384. The van der Waals surface area contributed by atoms with Gasteiger partial charge in [-0.3, -0.25) is 14.9 Å². The monoisotopic (exact) mass is 266 g/mol. The summed E-state index contributed by atoms with van der Waals surface area (Å²) in [5, 5.41) is 19.8. The summed E-state index contributed by atoms with van der Waals surface area (Å²) in [7, 11) is 0. The van der Waals surface area contributed by atoms with Crippen LogP contribution in [-0.2, 0) is 9.53 Å². The Balaban J connectivity index is 2.50. The van der Waals surface area contributed by atoms with Crippen LogP contribution in [0, 0.1) is 10.1 Å². The number of ether oxygens (including phenoxy) is 1. The van der Waals surface area contributed by atoms with E-state index in [9.17, 15) is 19.7 Å². The van der Waals surface area contributed by atoms with Crippen molar-refractivity contribution in [3.05, 3.63) is 33.9 Å². The van der Waals surface area contributed by atoms with Gasteiger partial charge in [0.2, 0.25) is 0 Å². The van der Waals surface area contributed by atoms with E-state index in [1.165, 1.54) is 4.90 Å². The van der Waals surface area contributed by atoms with Crippen molar-refractivity contribution in [2.45, 2.75) is 0 Å². The summed E-state index contributed by atoms with van der Waals surface area (Å²) in [6.45, 7) is 0.259. The number of benzene rings is 1. The summed E-state index contributed by atoms with van der Waals surface area (Å²) < 4.78 is 4.94. The molecule has 0 unspecified atom stereocenters. The Hall–Kier alpha value is -2.48. The molecule has 1 aliphatic heterocycles. The smallest absolute Gasteiger partial charge is 0.337 e. The number of amides is 1. The summed E-state index contributed by atoms with van der Waals surface area (Å²) in [4.78, 5) is 34.1. The Morgan fingerprint density at radius 1 is 1.47 bits per heavy atom. The molecule has 2 rings (SSSR count). The van der Waals surface area contributed by atoms with Crippen LogP contribution in [0.25, 0.3) is 0 Å². The third kappa shape index (κ3) is 2.52. The van der Waals surface area contributed by atoms with Crippen molar-refractivity contribution in [2.24, 2.45) is 0 Å². The molecule has 1 fully saturated rings. The lowest BCUT2D eigenvalue weighted by Crippen LogP contribution is -2.42. The minimum atomic E-state index is -1.25. The number of nitro benzene ring substituents is 1. The van der Waals surface area contributed by atoms with Crippen LogP contribution in [0.4, 0.5) is 11.4 Å². The molecule has 1 N–H and O–H groups in total. The first-order valence-corrected chi connectivity index (χ1v) is 5.40. The highest BCUT2D eigenvalue weighted by molar-refractivity contribution is 6.03. The molecule has 0 bridgehead atoms. The fraction of sp³-hybridized carbons (Fsp3) is 0.273. The third-order valence-electron chi connectivity index (χ3n) is 2.70. The minimum absolute atomic E-state index is 0.0231. The number of hydrogen-bond donors (Lipinski definition) is 1. The number of nitrogens with zero attached hydrogens (tertiary/aromatic N) is 2. The molecule has 1 saturated heterocycles. The molecule has 1 aliphatic rings. The van der Waals surface area contributed by atoms with Gasteiger partial charge in [-0.2, -0.15) is 0 Å². The number of carboxylic acids is 1. The van der Waals surface area contributed by atoms with Crippen molar-refractivity contribution < 1.29 is 24.4 Å². The average molecular weight is 266 g/mol. The normalized spacial score (nSPS) is 15.4. The van der Waals surface area contributed by atoms with Crippen molar-refractivity contribution in [3.8, 4) is 0 Å². The first kappa shape index (κ1) is 13.0. The zero-order valence-corrected chi connectivity index (χ0v) is 9.74. The average Bonchev–Trinajstić information content (AvgIpc) is 2.38. The predicted molar refractivity (Wildman–Crippen MR) is 63.2 cm³/mol. The van der Waals surface area contributed by atoms with E-state index in [0.717, 1.165) is 18.2 Å². The van der Waals surface area contributed by atoms with E-state index < -0.39 is 16.8 Å². The number of morpholine rings is 1. The molecule has 0 aliphatic carbocycles. The molecular weight excluding hydrogens is 256 g/mol. The summed E-state index contributed by atoms with van der Waals surface area (Å²) in [5.74, 6) is -1.67. The van der Waals surface area contributed by atoms with E-state index in [1.807, 2.05) is 0 Å². The van der Waals surface area contributed by atoms with Crippen LogP contribution in [0.2, 0.25) is 0 Å². The van der Waals surface area contributed by atoms with Gasteiger partial charge in [0.1, 0.15) is 6.61 Å².